The Morgan fingerprint density at radius 3 is 2.39 bits per heavy atom. The number of nitrogens with zero attached hydrogens (tertiary/aromatic N) is 3. The second kappa shape index (κ2) is 7.83. The van der Waals surface area contributed by atoms with E-state index in [-0.39, 0.29) is 23.1 Å². The summed E-state index contributed by atoms with van der Waals surface area (Å²) in [5, 5.41) is 6.07. The molecule has 1 unspecified atom stereocenters. The molecule has 2 amide bonds. The molecule has 7 rings (SSSR count). The van der Waals surface area contributed by atoms with Crippen LogP contribution in [0, 0.1) is 23.2 Å². The van der Waals surface area contributed by atoms with E-state index in [4.69, 9.17) is 0 Å². The summed E-state index contributed by atoms with van der Waals surface area (Å²) >= 11 is 0. The molecule has 0 aromatic carbocycles. The van der Waals surface area contributed by atoms with Crippen molar-refractivity contribution in [2.24, 2.45) is 23.2 Å². The summed E-state index contributed by atoms with van der Waals surface area (Å²) in [6.45, 7) is 2.61. The minimum atomic E-state index is -0.192. The summed E-state index contributed by atoms with van der Waals surface area (Å²) in [5.41, 5.74) is 2.86. The third kappa shape index (κ3) is 3.56. The SMILES string of the molecule is CNC(=O)c1nc2cccc(C(=O)NCC34CC5CC(CC(C5)C3)C4)n2c1C1CCN(C)C1. The highest BCUT2D eigenvalue weighted by Gasteiger charge is 2.50. The zero-order chi connectivity index (χ0) is 22.7. The molecule has 176 valence electrons. The lowest BCUT2D eigenvalue weighted by Gasteiger charge is -2.56. The van der Waals surface area contributed by atoms with Crippen LogP contribution in [0.4, 0.5) is 0 Å². The lowest BCUT2D eigenvalue weighted by Crippen LogP contribution is -2.51. The number of imidazole rings is 1. The first kappa shape index (κ1) is 21.1. The van der Waals surface area contributed by atoms with Crippen LogP contribution in [0.3, 0.4) is 0 Å². The highest BCUT2D eigenvalue weighted by Crippen LogP contribution is 2.59. The Bertz CT molecular complexity index is 1070. The van der Waals surface area contributed by atoms with Crippen LogP contribution in [0.1, 0.15) is 77.5 Å². The van der Waals surface area contributed by atoms with Gasteiger partial charge in [-0.15, -0.1) is 0 Å². The van der Waals surface area contributed by atoms with E-state index < -0.39 is 0 Å². The molecule has 7 heteroatoms. The first-order valence-corrected chi connectivity index (χ1v) is 12.6. The zero-order valence-electron chi connectivity index (χ0n) is 19.8. The van der Waals surface area contributed by atoms with Gasteiger partial charge in [0, 0.05) is 26.1 Å². The molecule has 33 heavy (non-hydrogen) atoms. The van der Waals surface area contributed by atoms with E-state index in [1.807, 2.05) is 22.6 Å². The van der Waals surface area contributed by atoms with Crippen molar-refractivity contribution in [2.75, 3.05) is 33.7 Å². The molecule has 1 atom stereocenters. The van der Waals surface area contributed by atoms with Crippen LogP contribution >= 0.6 is 0 Å². The molecule has 4 bridgehead atoms. The molecule has 1 saturated heterocycles. The van der Waals surface area contributed by atoms with E-state index in [0.29, 0.717) is 17.0 Å². The van der Waals surface area contributed by atoms with Crippen LogP contribution in [-0.2, 0) is 0 Å². The molecule has 0 radical (unpaired) electrons. The van der Waals surface area contributed by atoms with Crippen LogP contribution < -0.4 is 10.6 Å². The van der Waals surface area contributed by atoms with Crippen molar-refractivity contribution in [3.8, 4) is 0 Å². The molecule has 4 saturated carbocycles. The Labute approximate surface area is 195 Å². The zero-order valence-corrected chi connectivity index (χ0v) is 19.8. The molecule has 1 aliphatic heterocycles. The van der Waals surface area contributed by atoms with Crippen molar-refractivity contribution < 1.29 is 9.59 Å². The van der Waals surface area contributed by atoms with Crippen molar-refractivity contribution in [2.45, 2.75) is 50.9 Å². The van der Waals surface area contributed by atoms with E-state index in [1.165, 1.54) is 38.5 Å². The van der Waals surface area contributed by atoms with E-state index >= 15 is 0 Å². The largest absolute Gasteiger partial charge is 0.354 e. The Morgan fingerprint density at radius 2 is 1.79 bits per heavy atom. The Kier molecular flexibility index (Phi) is 5.02. The van der Waals surface area contributed by atoms with E-state index in [2.05, 4.69) is 27.6 Å². The molecular weight excluding hydrogens is 414 g/mol. The second-order valence-electron chi connectivity index (χ2n) is 11.4. The Hall–Kier alpha value is -2.41. The summed E-state index contributed by atoms with van der Waals surface area (Å²) in [6.07, 6.45) is 8.99. The Balaban J connectivity index is 1.32. The van der Waals surface area contributed by atoms with Gasteiger partial charge in [0.1, 0.15) is 11.3 Å². The molecule has 2 aromatic heterocycles. The maximum Gasteiger partial charge on any atom is 0.271 e. The maximum atomic E-state index is 13.6. The number of rotatable bonds is 5. The van der Waals surface area contributed by atoms with Crippen LogP contribution in [0.25, 0.3) is 5.65 Å². The average molecular weight is 450 g/mol. The van der Waals surface area contributed by atoms with Crippen LogP contribution in [0.2, 0.25) is 0 Å². The fourth-order valence-corrected chi connectivity index (χ4v) is 7.98. The average Bonchev–Trinajstić information content (AvgIpc) is 3.39. The van der Waals surface area contributed by atoms with Crippen molar-refractivity contribution in [1.82, 2.24) is 24.9 Å². The predicted molar refractivity (Wildman–Crippen MR) is 126 cm³/mol. The monoisotopic (exact) mass is 449 g/mol. The quantitative estimate of drug-likeness (QED) is 0.735. The van der Waals surface area contributed by atoms with Gasteiger partial charge in [-0.25, -0.2) is 4.98 Å². The second-order valence-corrected chi connectivity index (χ2v) is 11.4. The number of amides is 2. The van der Waals surface area contributed by atoms with Gasteiger partial charge in [0.15, 0.2) is 5.69 Å². The number of hydrogen-bond donors (Lipinski definition) is 2. The summed E-state index contributed by atoms with van der Waals surface area (Å²) in [5.74, 6) is 2.53. The number of fused-ring (bicyclic) bond motifs is 1. The number of likely N-dealkylation sites (N-methyl/N-ethyl adjacent to an activating group) is 1. The summed E-state index contributed by atoms with van der Waals surface area (Å²) < 4.78 is 1.95. The van der Waals surface area contributed by atoms with Crippen LogP contribution in [0.5, 0.6) is 0 Å². The van der Waals surface area contributed by atoms with Crippen LogP contribution in [-0.4, -0.2) is 59.8 Å². The van der Waals surface area contributed by atoms with E-state index in [0.717, 1.165) is 49.5 Å². The first-order valence-electron chi connectivity index (χ1n) is 12.6. The molecule has 5 fully saturated rings. The molecule has 5 aliphatic rings. The number of carbonyl (C=O) groups excluding carboxylic acids is 2. The number of likely N-dealkylation sites (tertiary alicyclic amines) is 1. The van der Waals surface area contributed by atoms with Gasteiger partial charge < -0.3 is 15.5 Å². The molecule has 3 heterocycles. The normalized spacial score (nSPS) is 33.0. The van der Waals surface area contributed by atoms with Gasteiger partial charge in [0.25, 0.3) is 11.8 Å². The molecule has 2 aromatic rings. The van der Waals surface area contributed by atoms with Crippen molar-refractivity contribution >= 4 is 17.5 Å². The number of nitrogens with one attached hydrogen (secondary N) is 2. The lowest BCUT2D eigenvalue weighted by atomic mass is 9.49. The van der Waals surface area contributed by atoms with Gasteiger partial charge in [0.2, 0.25) is 0 Å². The van der Waals surface area contributed by atoms with Gasteiger partial charge in [-0.3, -0.25) is 14.0 Å². The minimum absolute atomic E-state index is 0.0511. The fourth-order valence-electron chi connectivity index (χ4n) is 7.98. The topological polar surface area (TPSA) is 78.7 Å². The standard InChI is InChI=1S/C26H35N5O2/c1-27-25(33)22-23(19-6-7-30(2)14-19)31-20(4-3-5-21(31)29-22)24(32)28-15-26-11-16-8-17(12-26)10-18(9-16)13-26/h3-5,16-19H,6-15H2,1-2H3,(H,27,33)(H,28,32). The van der Waals surface area contributed by atoms with E-state index in [1.54, 1.807) is 7.05 Å². The summed E-state index contributed by atoms with van der Waals surface area (Å²) in [4.78, 5) is 33.2. The highest BCUT2D eigenvalue weighted by atomic mass is 16.2. The first-order chi connectivity index (χ1) is 15.9. The van der Waals surface area contributed by atoms with E-state index in [9.17, 15) is 9.59 Å². The van der Waals surface area contributed by atoms with Gasteiger partial charge in [-0.2, -0.15) is 0 Å². The maximum absolute atomic E-state index is 13.6. The molecule has 7 nitrogen and oxygen atoms in total. The third-order valence-corrected chi connectivity index (χ3v) is 8.92. The molecule has 4 aliphatic carbocycles. The third-order valence-electron chi connectivity index (χ3n) is 8.92. The smallest absolute Gasteiger partial charge is 0.271 e. The minimum Gasteiger partial charge on any atom is -0.354 e. The highest BCUT2D eigenvalue weighted by molar-refractivity contribution is 5.97. The predicted octanol–water partition coefficient (Wildman–Crippen LogP) is 3.06. The van der Waals surface area contributed by atoms with Gasteiger partial charge >= 0.3 is 0 Å². The molecular formula is C26H35N5O2. The lowest BCUT2D eigenvalue weighted by molar-refractivity contribution is -0.0503. The molecule has 0 spiro atoms. The van der Waals surface area contributed by atoms with Crippen molar-refractivity contribution in [3.05, 3.63) is 35.3 Å². The van der Waals surface area contributed by atoms with Crippen molar-refractivity contribution in [1.29, 1.82) is 0 Å². The fraction of sp³-hybridized carbons (Fsp3) is 0.654. The summed E-state index contributed by atoms with van der Waals surface area (Å²) in [6, 6.07) is 5.64. The number of hydrogen-bond acceptors (Lipinski definition) is 4. The van der Waals surface area contributed by atoms with Gasteiger partial charge in [-0.05, 0) is 93.8 Å². The number of pyridine rings is 1. The Morgan fingerprint density at radius 1 is 1.09 bits per heavy atom. The number of carbonyl (C=O) groups is 2. The number of aromatic nitrogens is 2. The van der Waals surface area contributed by atoms with Gasteiger partial charge in [0.05, 0.1) is 5.69 Å². The van der Waals surface area contributed by atoms with Crippen LogP contribution in [0.15, 0.2) is 18.2 Å². The molecule has 2 N–H and O–H groups in total. The van der Waals surface area contributed by atoms with Gasteiger partial charge in [-0.1, -0.05) is 6.07 Å². The summed E-state index contributed by atoms with van der Waals surface area (Å²) in [7, 11) is 3.73. The van der Waals surface area contributed by atoms with Crippen molar-refractivity contribution in [3.63, 3.8) is 0 Å².